The summed E-state index contributed by atoms with van der Waals surface area (Å²) in [6.45, 7) is 3.25. The monoisotopic (exact) mass is 207 g/mol. The van der Waals surface area contributed by atoms with Crippen LogP contribution in [0.1, 0.15) is 26.2 Å². The Morgan fingerprint density at radius 2 is 2.47 bits per heavy atom. The van der Waals surface area contributed by atoms with E-state index in [0.29, 0.717) is 0 Å². The fourth-order valence-corrected chi connectivity index (χ4v) is 2.25. The quantitative estimate of drug-likeness (QED) is 0.791. The number of nitrogens with zero attached hydrogens (tertiary/aromatic N) is 1. The normalized spacial score (nSPS) is 25.4. The summed E-state index contributed by atoms with van der Waals surface area (Å²) in [5.41, 5.74) is 0.664. The van der Waals surface area contributed by atoms with E-state index in [1.54, 1.807) is 12.3 Å². The predicted molar refractivity (Wildman–Crippen MR) is 59.9 cm³/mol. The van der Waals surface area contributed by atoms with E-state index in [1.165, 1.54) is 19.3 Å². The van der Waals surface area contributed by atoms with Crippen LogP contribution in [0.15, 0.2) is 17.1 Å². The minimum absolute atomic E-state index is 0.153. The molecule has 2 N–H and O–H groups in total. The third-order valence-corrected chi connectivity index (χ3v) is 3.27. The Morgan fingerprint density at radius 3 is 3.13 bits per heavy atom. The lowest BCUT2D eigenvalue weighted by atomic mass is 9.98. The fourth-order valence-electron chi connectivity index (χ4n) is 2.25. The van der Waals surface area contributed by atoms with Crippen molar-refractivity contribution < 1.29 is 0 Å². The van der Waals surface area contributed by atoms with Crippen molar-refractivity contribution in [1.82, 2.24) is 10.2 Å². The molecule has 1 aliphatic rings. The lowest BCUT2D eigenvalue weighted by Gasteiger charge is -2.16. The summed E-state index contributed by atoms with van der Waals surface area (Å²) in [5.74, 6) is 1.54. The second-order valence-electron chi connectivity index (χ2n) is 4.38. The van der Waals surface area contributed by atoms with E-state index in [9.17, 15) is 4.79 Å². The molecule has 0 aromatic carbocycles. The molecule has 0 radical (unpaired) electrons. The molecule has 0 aliphatic heterocycles. The van der Waals surface area contributed by atoms with Gasteiger partial charge in [0.25, 0.3) is 5.56 Å². The first kappa shape index (κ1) is 10.2. The van der Waals surface area contributed by atoms with Gasteiger partial charge >= 0.3 is 0 Å². The molecule has 0 amide bonds. The maximum absolute atomic E-state index is 11.0. The summed E-state index contributed by atoms with van der Waals surface area (Å²) in [7, 11) is 0. The molecule has 1 aliphatic carbocycles. The van der Waals surface area contributed by atoms with Gasteiger partial charge in [-0.25, -0.2) is 5.10 Å². The van der Waals surface area contributed by atoms with E-state index in [2.05, 4.69) is 22.4 Å². The van der Waals surface area contributed by atoms with Gasteiger partial charge in [0.15, 0.2) is 0 Å². The van der Waals surface area contributed by atoms with Crippen LogP contribution in [0.4, 0.5) is 5.69 Å². The van der Waals surface area contributed by atoms with Gasteiger partial charge in [0.1, 0.15) is 0 Å². The SMILES string of the molecule is CC1CCCC1CNc1cn[nH]c(=O)c1. The van der Waals surface area contributed by atoms with Gasteiger partial charge in [-0.2, -0.15) is 5.10 Å². The van der Waals surface area contributed by atoms with Crippen molar-refractivity contribution in [1.29, 1.82) is 0 Å². The van der Waals surface area contributed by atoms with E-state index >= 15 is 0 Å². The Bertz CT molecular complexity index is 374. The second-order valence-corrected chi connectivity index (χ2v) is 4.38. The molecule has 2 rings (SSSR count). The van der Waals surface area contributed by atoms with Crippen LogP contribution in [0.5, 0.6) is 0 Å². The molecule has 1 heterocycles. The number of nitrogens with one attached hydrogen (secondary N) is 2. The molecule has 82 valence electrons. The van der Waals surface area contributed by atoms with Gasteiger partial charge in [-0.05, 0) is 18.3 Å². The molecular formula is C11H17N3O. The van der Waals surface area contributed by atoms with Gasteiger partial charge < -0.3 is 5.32 Å². The van der Waals surface area contributed by atoms with Crippen LogP contribution in [0.2, 0.25) is 0 Å². The summed E-state index contributed by atoms with van der Waals surface area (Å²) >= 11 is 0. The van der Waals surface area contributed by atoms with Crippen molar-refractivity contribution in [3.8, 4) is 0 Å². The van der Waals surface area contributed by atoms with E-state index in [0.717, 1.165) is 24.1 Å². The van der Waals surface area contributed by atoms with Crippen LogP contribution in [0.3, 0.4) is 0 Å². The van der Waals surface area contributed by atoms with Gasteiger partial charge in [-0.1, -0.05) is 19.8 Å². The third kappa shape index (κ3) is 2.58. The minimum Gasteiger partial charge on any atom is -0.383 e. The summed E-state index contributed by atoms with van der Waals surface area (Å²) in [4.78, 5) is 11.0. The Kier molecular flexibility index (Phi) is 3.04. The van der Waals surface area contributed by atoms with E-state index in [-0.39, 0.29) is 5.56 Å². The Labute approximate surface area is 89.1 Å². The van der Waals surface area contributed by atoms with Crippen LogP contribution >= 0.6 is 0 Å². The summed E-state index contributed by atoms with van der Waals surface area (Å²) in [6, 6.07) is 1.55. The number of rotatable bonds is 3. The Morgan fingerprint density at radius 1 is 1.60 bits per heavy atom. The highest BCUT2D eigenvalue weighted by atomic mass is 16.1. The molecule has 0 bridgehead atoms. The fraction of sp³-hybridized carbons (Fsp3) is 0.636. The maximum Gasteiger partial charge on any atom is 0.266 e. The van der Waals surface area contributed by atoms with Crippen LogP contribution in [-0.2, 0) is 0 Å². The highest BCUT2D eigenvalue weighted by molar-refractivity contribution is 5.38. The summed E-state index contributed by atoms with van der Waals surface area (Å²) in [6.07, 6.45) is 5.62. The summed E-state index contributed by atoms with van der Waals surface area (Å²) in [5, 5.41) is 9.39. The molecule has 1 aromatic rings. The number of H-pyrrole nitrogens is 1. The molecule has 4 nitrogen and oxygen atoms in total. The van der Waals surface area contributed by atoms with Crippen LogP contribution in [-0.4, -0.2) is 16.7 Å². The molecule has 1 saturated carbocycles. The zero-order valence-electron chi connectivity index (χ0n) is 8.99. The standard InChI is InChI=1S/C11H17N3O/c1-8-3-2-4-9(8)6-12-10-5-11(15)14-13-7-10/h5,7-9H,2-4,6H2,1H3,(H2,12,14,15). The Hall–Kier alpha value is -1.32. The minimum atomic E-state index is -0.153. The van der Waals surface area contributed by atoms with Crippen molar-refractivity contribution in [2.45, 2.75) is 26.2 Å². The molecule has 0 spiro atoms. The molecule has 15 heavy (non-hydrogen) atoms. The van der Waals surface area contributed by atoms with E-state index in [4.69, 9.17) is 0 Å². The topological polar surface area (TPSA) is 57.8 Å². The third-order valence-electron chi connectivity index (χ3n) is 3.27. The highest BCUT2D eigenvalue weighted by Crippen LogP contribution is 2.30. The average Bonchev–Trinajstić information content (AvgIpc) is 2.61. The highest BCUT2D eigenvalue weighted by Gasteiger charge is 2.22. The molecule has 1 fully saturated rings. The summed E-state index contributed by atoms with van der Waals surface area (Å²) < 4.78 is 0. The second kappa shape index (κ2) is 4.47. The predicted octanol–water partition coefficient (Wildman–Crippen LogP) is 1.62. The number of anilines is 1. The van der Waals surface area contributed by atoms with Crippen molar-refractivity contribution >= 4 is 5.69 Å². The van der Waals surface area contributed by atoms with Crippen molar-refractivity contribution in [2.75, 3.05) is 11.9 Å². The lowest BCUT2D eigenvalue weighted by Crippen LogP contribution is -2.18. The number of aromatic amines is 1. The van der Waals surface area contributed by atoms with Gasteiger partial charge in [-0.3, -0.25) is 4.79 Å². The molecule has 2 unspecified atom stereocenters. The number of hydrogen-bond acceptors (Lipinski definition) is 3. The van der Waals surface area contributed by atoms with E-state index < -0.39 is 0 Å². The van der Waals surface area contributed by atoms with E-state index in [1.807, 2.05) is 0 Å². The van der Waals surface area contributed by atoms with Crippen LogP contribution in [0, 0.1) is 11.8 Å². The van der Waals surface area contributed by atoms with Gasteiger partial charge in [-0.15, -0.1) is 0 Å². The molecule has 2 atom stereocenters. The van der Waals surface area contributed by atoms with Gasteiger partial charge in [0.05, 0.1) is 11.9 Å². The van der Waals surface area contributed by atoms with Crippen molar-refractivity contribution in [3.63, 3.8) is 0 Å². The molecular weight excluding hydrogens is 190 g/mol. The lowest BCUT2D eigenvalue weighted by molar-refractivity contribution is 0.439. The zero-order valence-corrected chi connectivity index (χ0v) is 8.99. The van der Waals surface area contributed by atoms with Crippen LogP contribution in [0.25, 0.3) is 0 Å². The van der Waals surface area contributed by atoms with Crippen molar-refractivity contribution in [2.24, 2.45) is 11.8 Å². The first-order chi connectivity index (χ1) is 7.25. The van der Waals surface area contributed by atoms with Gasteiger partial charge in [0.2, 0.25) is 0 Å². The smallest absolute Gasteiger partial charge is 0.266 e. The first-order valence-electron chi connectivity index (χ1n) is 5.54. The molecule has 1 aromatic heterocycles. The van der Waals surface area contributed by atoms with Gasteiger partial charge in [0, 0.05) is 12.6 Å². The van der Waals surface area contributed by atoms with Crippen molar-refractivity contribution in [3.05, 3.63) is 22.6 Å². The molecule has 0 saturated heterocycles. The number of hydrogen-bond donors (Lipinski definition) is 2. The first-order valence-corrected chi connectivity index (χ1v) is 5.54. The number of aromatic nitrogens is 2. The zero-order chi connectivity index (χ0) is 10.7. The van der Waals surface area contributed by atoms with Crippen LogP contribution < -0.4 is 10.9 Å². The maximum atomic E-state index is 11.0. The molecule has 4 heteroatoms. The average molecular weight is 207 g/mol. The largest absolute Gasteiger partial charge is 0.383 e. The Balaban J connectivity index is 1.90.